The monoisotopic (exact) mass is 298 g/mol. The van der Waals surface area contributed by atoms with Crippen molar-refractivity contribution in [2.24, 2.45) is 5.92 Å². The van der Waals surface area contributed by atoms with Crippen molar-refractivity contribution in [3.8, 4) is 0 Å². The van der Waals surface area contributed by atoms with Gasteiger partial charge >= 0.3 is 0 Å². The third-order valence-corrected chi connectivity index (χ3v) is 5.80. The molecule has 0 aromatic carbocycles. The second-order valence-corrected chi connectivity index (χ2v) is 7.93. The van der Waals surface area contributed by atoms with Crippen LogP contribution in [0.25, 0.3) is 0 Å². The molecule has 5 heteroatoms. The molecule has 106 valence electrons. The first-order valence-electron chi connectivity index (χ1n) is 6.93. The van der Waals surface area contributed by atoms with E-state index in [1.54, 1.807) is 23.1 Å². The molecular weight excluding hydrogens is 276 g/mol. The molecule has 1 atom stereocenters. The Morgan fingerprint density at radius 1 is 1.47 bits per heavy atom. The summed E-state index contributed by atoms with van der Waals surface area (Å²) in [6.45, 7) is 6.23. The Kier molecular flexibility index (Phi) is 5.28. The molecule has 3 nitrogen and oxygen atoms in total. The lowest BCUT2D eigenvalue weighted by Crippen LogP contribution is -2.41. The van der Waals surface area contributed by atoms with Crippen LogP contribution in [-0.4, -0.2) is 22.2 Å². The largest absolute Gasteiger partial charge is 0.352 e. The van der Waals surface area contributed by atoms with E-state index in [9.17, 15) is 4.79 Å². The summed E-state index contributed by atoms with van der Waals surface area (Å²) in [4.78, 5) is 16.5. The van der Waals surface area contributed by atoms with Crippen molar-refractivity contribution in [2.45, 2.75) is 62.1 Å². The standard InChI is InChI=1S/C14H22N2OS2/c1-9-4-6-12(7-5-9)16-13(17)11(3)19-14-15-10(2)8-18-14/h8-9,11-12H,4-7H2,1-3H3,(H,16,17). The number of nitrogens with zero attached hydrogens (tertiary/aromatic N) is 1. The fourth-order valence-electron chi connectivity index (χ4n) is 2.31. The summed E-state index contributed by atoms with van der Waals surface area (Å²) in [5.41, 5.74) is 1.03. The number of thiazole rings is 1. The van der Waals surface area contributed by atoms with E-state index < -0.39 is 0 Å². The normalized spacial score (nSPS) is 25.0. The molecule has 1 fully saturated rings. The average Bonchev–Trinajstić information content (AvgIpc) is 2.77. The molecule has 1 unspecified atom stereocenters. The van der Waals surface area contributed by atoms with E-state index in [-0.39, 0.29) is 11.2 Å². The van der Waals surface area contributed by atoms with Crippen molar-refractivity contribution in [2.75, 3.05) is 0 Å². The van der Waals surface area contributed by atoms with Crippen molar-refractivity contribution >= 4 is 29.0 Å². The molecule has 1 aliphatic rings. The van der Waals surface area contributed by atoms with E-state index in [1.165, 1.54) is 12.8 Å². The fourth-order valence-corrected chi connectivity index (χ4v) is 4.31. The van der Waals surface area contributed by atoms with Crippen molar-refractivity contribution in [3.63, 3.8) is 0 Å². The van der Waals surface area contributed by atoms with Crippen LogP contribution in [0.4, 0.5) is 0 Å². The highest BCUT2D eigenvalue weighted by molar-refractivity contribution is 8.02. The second-order valence-electron chi connectivity index (χ2n) is 5.48. The van der Waals surface area contributed by atoms with E-state index in [1.807, 2.05) is 19.2 Å². The molecule has 0 spiro atoms. The van der Waals surface area contributed by atoms with Crippen LogP contribution >= 0.6 is 23.1 Å². The lowest BCUT2D eigenvalue weighted by atomic mass is 9.87. The highest BCUT2D eigenvalue weighted by Crippen LogP contribution is 2.28. The molecule has 19 heavy (non-hydrogen) atoms. The van der Waals surface area contributed by atoms with Gasteiger partial charge in [-0.3, -0.25) is 4.79 Å². The van der Waals surface area contributed by atoms with Gasteiger partial charge in [0.05, 0.1) is 5.25 Å². The summed E-state index contributed by atoms with van der Waals surface area (Å²) >= 11 is 3.17. The first-order chi connectivity index (χ1) is 9.04. The third kappa shape index (κ3) is 4.49. The van der Waals surface area contributed by atoms with Crippen molar-refractivity contribution in [1.82, 2.24) is 10.3 Å². The van der Waals surface area contributed by atoms with Gasteiger partial charge in [-0.2, -0.15) is 0 Å². The summed E-state index contributed by atoms with van der Waals surface area (Å²) in [6.07, 6.45) is 4.72. The van der Waals surface area contributed by atoms with Gasteiger partial charge in [-0.05, 0) is 45.4 Å². The predicted molar refractivity (Wildman–Crippen MR) is 81.7 cm³/mol. The summed E-state index contributed by atoms with van der Waals surface area (Å²) in [5.74, 6) is 0.968. The maximum absolute atomic E-state index is 12.1. The molecular formula is C14H22N2OS2. The number of rotatable bonds is 4. The quantitative estimate of drug-likeness (QED) is 0.863. The molecule has 1 heterocycles. The first kappa shape index (κ1) is 14.9. The summed E-state index contributed by atoms with van der Waals surface area (Å²) in [6, 6.07) is 0.379. The molecule has 2 rings (SSSR count). The highest BCUT2D eigenvalue weighted by atomic mass is 32.2. The Morgan fingerprint density at radius 2 is 2.16 bits per heavy atom. The van der Waals surface area contributed by atoms with Crippen LogP contribution in [0.2, 0.25) is 0 Å². The van der Waals surface area contributed by atoms with Crippen molar-refractivity contribution in [1.29, 1.82) is 0 Å². The van der Waals surface area contributed by atoms with Gasteiger partial charge in [-0.1, -0.05) is 18.7 Å². The minimum atomic E-state index is -0.0649. The number of carbonyl (C=O) groups excluding carboxylic acids is 1. The maximum atomic E-state index is 12.1. The zero-order valence-electron chi connectivity index (χ0n) is 11.8. The minimum Gasteiger partial charge on any atom is -0.352 e. The second kappa shape index (κ2) is 6.75. The molecule has 1 saturated carbocycles. The number of aromatic nitrogens is 1. The Balaban J connectivity index is 1.79. The summed E-state index contributed by atoms with van der Waals surface area (Å²) in [7, 11) is 0. The van der Waals surface area contributed by atoms with E-state index >= 15 is 0 Å². The zero-order chi connectivity index (χ0) is 13.8. The van der Waals surface area contributed by atoms with Gasteiger partial charge in [-0.25, -0.2) is 4.98 Å². The zero-order valence-corrected chi connectivity index (χ0v) is 13.4. The Hall–Kier alpha value is -0.550. The number of hydrogen-bond donors (Lipinski definition) is 1. The SMILES string of the molecule is Cc1csc(SC(C)C(=O)NC2CCC(C)CC2)n1. The molecule has 0 radical (unpaired) electrons. The molecule has 1 amide bonds. The van der Waals surface area contributed by atoms with Gasteiger partial charge in [0.15, 0.2) is 4.34 Å². The van der Waals surface area contributed by atoms with Gasteiger partial charge in [0.1, 0.15) is 0 Å². The topological polar surface area (TPSA) is 42.0 Å². The summed E-state index contributed by atoms with van der Waals surface area (Å²) in [5, 5.41) is 5.14. The van der Waals surface area contributed by atoms with Crippen LogP contribution < -0.4 is 5.32 Å². The van der Waals surface area contributed by atoms with Crippen LogP contribution in [0, 0.1) is 12.8 Å². The van der Waals surface area contributed by atoms with Gasteiger partial charge in [0.25, 0.3) is 0 Å². The molecule has 1 aromatic rings. The molecule has 0 aliphatic heterocycles. The number of nitrogens with one attached hydrogen (secondary N) is 1. The van der Waals surface area contributed by atoms with Crippen molar-refractivity contribution in [3.05, 3.63) is 11.1 Å². The Labute approximate surface area is 123 Å². The molecule has 1 aliphatic carbocycles. The minimum absolute atomic E-state index is 0.0649. The number of hydrogen-bond acceptors (Lipinski definition) is 4. The van der Waals surface area contributed by atoms with Gasteiger partial charge < -0.3 is 5.32 Å². The molecule has 1 N–H and O–H groups in total. The maximum Gasteiger partial charge on any atom is 0.233 e. The van der Waals surface area contributed by atoms with Gasteiger partial charge in [0, 0.05) is 17.1 Å². The van der Waals surface area contributed by atoms with Crippen LogP contribution in [0.15, 0.2) is 9.72 Å². The fraction of sp³-hybridized carbons (Fsp3) is 0.714. The van der Waals surface area contributed by atoms with Crippen LogP contribution in [-0.2, 0) is 4.79 Å². The van der Waals surface area contributed by atoms with Crippen LogP contribution in [0.3, 0.4) is 0 Å². The summed E-state index contributed by atoms with van der Waals surface area (Å²) < 4.78 is 0.984. The molecule has 1 aromatic heterocycles. The van der Waals surface area contributed by atoms with E-state index in [0.29, 0.717) is 6.04 Å². The van der Waals surface area contributed by atoms with Crippen LogP contribution in [0.5, 0.6) is 0 Å². The third-order valence-electron chi connectivity index (χ3n) is 3.61. The van der Waals surface area contributed by atoms with E-state index in [2.05, 4.69) is 17.2 Å². The van der Waals surface area contributed by atoms with Crippen molar-refractivity contribution < 1.29 is 4.79 Å². The lowest BCUT2D eigenvalue weighted by Gasteiger charge is -2.27. The average molecular weight is 298 g/mol. The van der Waals surface area contributed by atoms with Gasteiger partial charge in [-0.15, -0.1) is 11.3 Å². The molecule has 0 bridgehead atoms. The number of amides is 1. The Bertz CT molecular complexity index is 425. The number of thioether (sulfide) groups is 1. The van der Waals surface area contributed by atoms with E-state index in [0.717, 1.165) is 28.8 Å². The number of aryl methyl sites for hydroxylation is 1. The van der Waals surface area contributed by atoms with Gasteiger partial charge in [0.2, 0.25) is 5.91 Å². The smallest absolute Gasteiger partial charge is 0.233 e. The van der Waals surface area contributed by atoms with E-state index in [4.69, 9.17) is 0 Å². The molecule has 0 saturated heterocycles. The Morgan fingerprint density at radius 3 is 2.74 bits per heavy atom. The number of carbonyl (C=O) groups is 1. The predicted octanol–water partition coefficient (Wildman–Crippen LogP) is 3.63. The lowest BCUT2D eigenvalue weighted by molar-refractivity contribution is -0.121. The van der Waals surface area contributed by atoms with Crippen LogP contribution in [0.1, 0.15) is 45.2 Å². The highest BCUT2D eigenvalue weighted by Gasteiger charge is 2.23. The first-order valence-corrected chi connectivity index (χ1v) is 8.69.